The summed E-state index contributed by atoms with van der Waals surface area (Å²) < 4.78 is 15.6. The van der Waals surface area contributed by atoms with Gasteiger partial charge < -0.3 is 0 Å². The van der Waals surface area contributed by atoms with Crippen molar-refractivity contribution in [1.29, 1.82) is 0 Å². The summed E-state index contributed by atoms with van der Waals surface area (Å²) in [6.07, 6.45) is 6.27. The monoisotopic (exact) mass is 1110 g/mol. The molecule has 1 atom stereocenters. The third-order valence-electron chi connectivity index (χ3n) is 14.7. The average molecular weight is 1110 g/mol. The molecule has 1 aliphatic rings. The van der Waals surface area contributed by atoms with Gasteiger partial charge in [-0.1, -0.05) is 39.0 Å². The molecule has 360 valence electrons. The molecule has 5 nitrogen and oxygen atoms in total. The molecular weight excluding hydrogens is 1050 g/mol. The van der Waals surface area contributed by atoms with Gasteiger partial charge in [-0.3, -0.25) is 0 Å². The van der Waals surface area contributed by atoms with E-state index in [1.165, 1.54) is 81.4 Å². The van der Waals surface area contributed by atoms with Gasteiger partial charge in [0.2, 0.25) is 0 Å². The van der Waals surface area contributed by atoms with E-state index in [9.17, 15) is 0 Å². The molecule has 0 aliphatic heterocycles. The summed E-state index contributed by atoms with van der Waals surface area (Å²) in [5.74, 6) is 2.55. The second kappa shape index (κ2) is 17.9. The Morgan fingerprint density at radius 3 is 1.85 bits per heavy atom. The van der Waals surface area contributed by atoms with Crippen molar-refractivity contribution in [2.75, 3.05) is 0 Å². The van der Waals surface area contributed by atoms with E-state index in [0.717, 1.165) is 54.0 Å². The fourth-order valence-electron chi connectivity index (χ4n) is 10.8. The molecule has 0 N–H and O–H groups in total. The Hall–Kier alpha value is -6.55. The van der Waals surface area contributed by atoms with E-state index in [1.807, 2.05) is 6.20 Å². The topological polar surface area (TPSA) is 36.9 Å². The first-order valence-corrected chi connectivity index (χ1v) is 26.5. The first-order valence-electron chi connectivity index (χ1n) is 25.4. The maximum absolute atomic E-state index is 6.98. The summed E-state index contributed by atoms with van der Waals surface area (Å²) in [5.41, 5.74) is 17.3. The van der Waals surface area contributed by atoms with Crippen molar-refractivity contribution in [3.8, 4) is 45.3 Å². The van der Waals surface area contributed by atoms with Crippen molar-refractivity contribution in [2.45, 2.75) is 110 Å². The number of imidazole rings is 1. The Bertz CT molecular complexity index is 3690. The van der Waals surface area contributed by atoms with Gasteiger partial charge in [-0.05, 0) is 29.2 Å². The van der Waals surface area contributed by atoms with Crippen LogP contribution in [0.25, 0.3) is 66.6 Å². The Morgan fingerprint density at radius 2 is 1.13 bits per heavy atom. The molecule has 0 bridgehead atoms. The minimum absolute atomic E-state index is 0.0100. The fraction of sp³-hybridized carbons (Fsp3) is 0.262. The molecule has 0 radical (unpaired) electrons. The maximum atomic E-state index is 6.98. The summed E-state index contributed by atoms with van der Waals surface area (Å²) in [7, 11) is 0. The van der Waals surface area contributed by atoms with Crippen molar-refractivity contribution < 1.29 is 24.1 Å². The number of rotatable bonds is 7. The summed E-state index contributed by atoms with van der Waals surface area (Å²) in [6.45, 7) is 20.7. The van der Waals surface area contributed by atoms with Crippen LogP contribution in [-0.4, -0.2) is 18.7 Å². The Labute approximate surface area is 430 Å². The van der Waals surface area contributed by atoms with Crippen LogP contribution >= 0.6 is 0 Å². The molecule has 7 aromatic carbocycles. The second-order valence-corrected chi connectivity index (χ2v) is 23.7. The van der Waals surface area contributed by atoms with E-state index in [-0.39, 0.29) is 22.3 Å². The number of ether oxygens (including phenoxy) is 1. The van der Waals surface area contributed by atoms with Gasteiger partial charge in [-0.25, -0.2) is 4.98 Å². The van der Waals surface area contributed by atoms with Gasteiger partial charge in [0.05, 0.1) is 0 Å². The first kappa shape index (κ1) is 46.8. The van der Waals surface area contributed by atoms with Crippen LogP contribution in [-0.2, 0) is 42.0 Å². The number of benzene rings is 7. The van der Waals surface area contributed by atoms with Crippen molar-refractivity contribution in [3.63, 3.8) is 0 Å². The molecule has 3 heterocycles. The molecule has 0 spiro atoms. The number of pyridine rings is 1. The van der Waals surface area contributed by atoms with Gasteiger partial charge in [-0.2, -0.15) is 0 Å². The number of aromatic nitrogens is 4. The van der Waals surface area contributed by atoms with Gasteiger partial charge in [0.15, 0.2) is 0 Å². The number of nitrogens with zero attached hydrogens (tertiary/aromatic N) is 4. The third-order valence-corrected chi connectivity index (χ3v) is 15.8. The molecule has 1 aliphatic carbocycles. The first-order chi connectivity index (χ1) is 34.0. The molecule has 0 fully saturated rings. The van der Waals surface area contributed by atoms with Gasteiger partial charge in [0.25, 0.3) is 0 Å². The summed E-state index contributed by atoms with van der Waals surface area (Å²) in [4.78, 5) is 4.94. The van der Waals surface area contributed by atoms with Crippen LogP contribution in [0.5, 0.6) is 11.5 Å². The molecular formula is C65H64N4OPt. The molecule has 0 saturated heterocycles. The summed E-state index contributed by atoms with van der Waals surface area (Å²) >= 11 is 2.64. The van der Waals surface area contributed by atoms with Crippen LogP contribution < -0.4 is 4.74 Å². The van der Waals surface area contributed by atoms with Crippen LogP contribution in [0.3, 0.4) is 0 Å². The molecule has 10 aromatic rings. The van der Waals surface area contributed by atoms with Crippen molar-refractivity contribution >= 4 is 32.8 Å². The fourth-order valence-corrected chi connectivity index (χ4v) is 12.0. The normalized spacial score (nSPS) is 14.5. The van der Waals surface area contributed by atoms with E-state index in [4.69, 9.17) is 9.72 Å². The Balaban J connectivity index is 1.07. The van der Waals surface area contributed by atoms with Gasteiger partial charge in [0.1, 0.15) is 0 Å². The standard InChI is InChI=1S/C65H64N4O.Pt/c1-63(2,3)46-34-35-66-61(39-46)69-57-27-16-14-23-53(57)54-33-32-50(41-60(54)69)70-49-31-30-44-22-13-15-26-56(55(44)40-49)67-42-68(59-29-18-17-28-58(59)67)62-51(43-20-11-10-12-21-43)24-19-25-52(62)45-36-47(64(4,5)6)38-48(37-45)65(7,8)9;/h10-12,14,16-21,23-25,27-41,56H,13,15,22,26H2,1-9H3;. The average Bonchev–Trinajstić information content (AvgIpc) is 3.74. The number of hydrogen-bond acceptors (Lipinski definition) is 2. The van der Waals surface area contributed by atoms with Crippen LogP contribution in [0.1, 0.15) is 115 Å². The number of aryl methyl sites for hydroxylation is 1. The zero-order valence-electron chi connectivity index (χ0n) is 42.6. The van der Waals surface area contributed by atoms with Crippen LogP contribution in [0.4, 0.5) is 0 Å². The van der Waals surface area contributed by atoms with E-state index < -0.39 is 0 Å². The van der Waals surface area contributed by atoms with Crippen LogP contribution in [0.15, 0.2) is 170 Å². The number of para-hydroxylation sites is 4. The summed E-state index contributed by atoms with van der Waals surface area (Å²) in [5, 5.41) is 2.37. The van der Waals surface area contributed by atoms with Crippen molar-refractivity contribution in [1.82, 2.24) is 18.7 Å². The molecule has 0 saturated carbocycles. The zero-order valence-corrected chi connectivity index (χ0v) is 44.9. The quantitative estimate of drug-likeness (QED) is 0.149. The van der Waals surface area contributed by atoms with E-state index in [1.54, 1.807) is 0 Å². The van der Waals surface area contributed by atoms with E-state index in [2.05, 4.69) is 259 Å². The van der Waals surface area contributed by atoms with Crippen molar-refractivity contribution in [2.24, 2.45) is 0 Å². The van der Waals surface area contributed by atoms with Crippen LogP contribution in [0, 0.1) is 3.80 Å². The van der Waals surface area contributed by atoms with E-state index >= 15 is 0 Å². The Morgan fingerprint density at radius 1 is 0.507 bits per heavy atom. The van der Waals surface area contributed by atoms with Crippen LogP contribution in [0.2, 0.25) is 0 Å². The van der Waals surface area contributed by atoms with Crippen molar-refractivity contribution in [3.05, 3.63) is 202 Å². The SMILES string of the molecule is CC(C)(C)c1cc(-c2cccc(-c3ccccc3)c2-n2[c](=[Pt])n(C3CCCCc4ccc(Oc5ccc6c7ccccc7n(-c7cc(C(C)(C)C)ccn7)c6c5)cc43)c3ccccc32)cc(C(C)(C)C)c1. The van der Waals surface area contributed by atoms with Gasteiger partial charge in [-0.15, -0.1) is 0 Å². The summed E-state index contributed by atoms with van der Waals surface area (Å²) in [6, 6.07) is 60.6. The number of hydrogen-bond donors (Lipinski definition) is 0. The molecule has 71 heavy (non-hydrogen) atoms. The van der Waals surface area contributed by atoms with Gasteiger partial charge in [0, 0.05) is 6.20 Å². The predicted molar refractivity (Wildman–Crippen MR) is 292 cm³/mol. The Kier molecular flexibility index (Phi) is 11.8. The minimum atomic E-state index is -0.0246. The predicted octanol–water partition coefficient (Wildman–Crippen LogP) is 17.3. The molecule has 1 unspecified atom stereocenters. The molecule has 6 heteroatoms. The third kappa shape index (κ3) is 8.65. The molecule has 3 aromatic heterocycles. The second-order valence-electron chi connectivity index (χ2n) is 22.7. The zero-order chi connectivity index (χ0) is 49.4. The molecule has 0 amide bonds. The van der Waals surface area contributed by atoms with Gasteiger partial charge >= 0.3 is 353 Å². The van der Waals surface area contributed by atoms with E-state index in [0.29, 0.717) is 0 Å². The molecule has 11 rings (SSSR count). The number of fused-ring (bicyclic) bond motifs is 5.